The molecule has 0 aromatic carbocycles. The first kappa shape index (κ1) is 13.5. The fourth-order valence-corrected chi connectivity index (χ4v) is 2.43. The molecule has 0 saturated carbocycles. The molecule has 3 heterocycles. The summed E-state index contributed by atoms with van der Waals surface area (Å²) in [5.41, 5.74) is 0.880. The van der Waals surface area contributed by atoms with Gasteiger partial charge in [-0.3, -0.25) is 4.79 Å². The van der Waals surface area contributed by atoms with E-state index in [2.05, 4.69) is 5.32 Å². The third kappa shape index (κ3) is 3.52. The molecule has 0 aliphatic carbocycles. The number of amides is 1. The molecule has 0 radical (unpaired) electrons. The van der Waals surface area contributed by atoms with Crippen molar-refractivity contribution in [2.45, 2.75) is 6.54 Å². The first-order valence-corrected chi connectivity index (χ1v) is 7.30. The van der Waals surface area contributed by atoms with Gasteiger partial charge in [0.2, 0.25) is 5.91 Å². The molecule has 0 aliphatic rings. The molecule has 106 valence electrons. The molecular weight excluding hydrogens is 286 g/mol. The highest BCUT2D eigenvalue weighted by Crippen LogP contribution is 2.22. The maximum atomic E-state index is 11.7. The number of hydrogen-bond donors (Lipinski definition) is 1. The lowest BCUT2D eigenvalue weighted by molar-refractivity contribution is -0.116. The summed E-state index contributed by atoms with van der Waals surface area (Å²) in [4.78, 5) is 12.7. The van der Waals surface area contributed by atoms with Crippen LogP contribution in [0.5, 0.6) is 0 Å². The molecule has 1 N–H and O–H groups in total. The monoisotopic (exact) mass is 299 g/mol. The topological polar surface area (TPSA) is 55.4 Å². The molecular formula is C16H13NO3S. The molecule has 1 amide bonds. The predicted molar refractivity (Wildman–Crippen MR) is 81.6 cm³/mol. The van der Waals surface area contributed by atoms with Crippen LogP contribution in [-0.4, -0.2) is 5.91 Å². The van der Waals surface area contributed by atoms with Gasteiger partial charge in [-0.15, -0.1) is 11.3 Å². The lowest BCUT2D eigenvalue weighted by atomic mass is 10.3. The highest BCUT2D eigenvalue weighted by Gasteiger charge is 2.06. The van der Waals surface area contributed by atoms with Gasteiger partial charge in [-0.2, -0.15) is 0 Å². The minimum absolute atomic E-state index is 0.148. The van der Waals surface area contributed by atoms with E-state index < -0.39 is 0 Å². The van der Waals surface area contributed by atoms with Gasteiger partial charge in [0.15, 0.2) is 0 Å². The molecule has 4 nitrogen and oxygen atoms in total. The van der Waals surface area contributed by atoms with Gasteiger partial charge in [0.05, 0.1) is 18.4 Å². The Balaban J connectivity index is 1.54. The van der Waals surface area contributed by atoms with Crippen molar-refractivity contribution < 1.29 is 13.6 Å². The summed E-state index contributed by atoms with van der Waals surface area (Å²) >= 11 is 1.59. The standard InChI is InChI=1S/C16H13NO3S/c18-16(6-4-14-2-1-9-21-14)17-10-13-3-5-15(20-13)12-7-8-19-11-12/h1-9,11H,10H2,(H,17,18). The second-order valence-electron chi connectivity index (χ2n) is 4.34. The Morgan fingerprint density at radius 3 is 3.00 bits per heavy atom. The van der Waals surface area contributed by atoms with Gasteiger partial charge in [-0.1, -0.05) is 6.07 Å². The second kappa shape index (κ2) is 6.28. The maximum Gasteiger partial charge on any atom is 0.244 e. The minimum atomic E-state index is -0.148. The van der Waals surface area contributed by atoms with Crippen molar-refractivity contribution in [1.29, 1.82) is 0 Å². The molecule has 3 aromatic heterocycles. The summed E-state index contributed by atoms with van der Waals surface area (Å²) in [6.45, 7) is 0.353. The average molecular weight is 299 g/mol. The summed E-state index contributed by atoms with van der Waals surface area (Å²) in [5, 5.41) is 4.75. The second-order valence-corrected chi connectivity index (χ2v) is 5.32. The van der Waals surface area contributed by atoms with Crippen LogP contribution in [0.4, 0.5) is 0 Å². The lowest BCUT2D eigenvalue weighted by Crippen LogP contribution is -2.19. The lowest BCUT2D eigenvalue weighted by Gasteiger charge is -1.98. The van der Waals surface area contributed by atoms with Crippen LogP contribution in [0.1, 0.15) is 10.6 Å². The van der Waals surface area contributed by atoms with Crippen LogP contribution < -0.4 is 5.32 Å². The average Bonchev–Trinajstić information content (AvgIpc) is 3.24. The number of nitrogens with one attached hydrogen (secondary N) is 1. The normalized spacial score (nSPS) is 11.0. The molecule has 21 heavy (non-hydrogen) atoms. The van der Waals surface area contributed by atoms with Crippen molar-refractivity contribution in [1.82, 2.24) is 5.32 Å². The number of thiophene rings is 1. The van der Waals surface area contributed by atoms with E-state index in [1.54, 1.807) is 29.9 Å². The molecule has 3 aromatic rings. The van der Waals surface area contributed by atoms with Gasteiger partial charge < -0.3 is 14.2 Å². The third-order valence-corrected chi connectivity index (χ3v) is 3.68. The van der Waals surface area contributed by atoms with E-state index in [1.807, 2.05) is 35.7 Å². The third-order valence-electron chi connectivity index (χ3n) is 2.85. The largest absolute Gasteiger partial charge is 0.472 e. The number of carbonyl (C=O) groups excluding carboxylic acids is 1. The fourth-order valence-electron chi connectivity index (χ4n) is 1.81. The first-order valence-electron chi connectivity index (χ1n) is 6.42. The van der Waals surface area contributed by atoms with E-state index >= 15 is 0 Å². The van der Waals surface area contributed by atoms with Gasteiger partial charge in [0, 0.05) is 11.0 Å². The Morgan fingerprint density at radius 1 is 1.29 bits per heavy atom. The van der Waals surface area contributed by atoms with Crippen LogP contribution in [-0.2, 0) is 11.3 Å². The summed E-state index contributed by atoms with van der Waals surface area (Å²) in [6.07, 6.45) is 6.52. The zero-order chi connectivity index (χ0) is 14.5. The molecule has 0 bridgehead atoms. The van der Waals surface area contributed by atoms with Gasteiger partial charge in [0.1, 0.15) is 17.8 Å². The van der Waals surface area contributed by atoms with Crippen LogP contribution in [0.15, 0.2) is 63.1 Å². The van der Waals surface area contributed by atoms with Crippen LogP contribution in [0, 0.1) is 0 Å². The number of hydrogen-bond acceptors (Lipinski definition) is 4. The number of carbonyl (C=O) groups is 1. The van der Waals surface area contributed by atoms with Crippen LogP contribution in [0.2, 0.25) is 0 Å². The van der Waals surface area contributed by atoms with E-state index in [4.69, 9.17) is 8.83 Å². The molecule has 0 unspecified atom stereocenters. The van der Waals surface area contributed by atoms with E-state index in [1.165, 1.54) is 6.08 Å². The van der Waals surface area contributed by atoms with E-state index in [0.717, 1.165) is 16.2 Å². The van der Waals surface area contributed by atoms with Gasteiger partial charge >= 0.3 is 0 Å². The molecule has 0 fully saturated rings. The highest BCUT2D eigenvalue weighted by molar-refractivity contribution is 7.10. The SMILES string of the molecule is O=C(C=Cc1cccs1)NCc1ccc(-c2ccoc2)o1. The molecule has 5 heteroatoms. The molecule has 0 atom stereocenters. The minimum Gasteiger partial charge on any atom is -0.472 e. The summed E-state index contributed by atoms with van der Waals surface area (Å²) in [7, 11) is 0. The van der Waals surface area contributed by atoms with Crippen LogP contribution in [0.25, 0.3) is 17.4 Å². The van der Waals surface area contributed by atoms with Crippen molar-refractivity contribution in [2.75, 3.05) is 0 Å². The van der Waals surface area contributed by atoms with E-state index in [-0.39, 0.29) is 5.91 Å². The summed E-state index contributed by atoms with van der Waals surface area (Å²) < 4.78 is 10.6. The Labute approximate surface area is 125 Å². The Morgan fingerprint density at radius 2 is 2.24 bits per heavy atom. The number of furan rings is 2. The summed E-state index contributed by atoms with van der Waals surface area (Å²) in [5.74, 6) is 1.27. The molecule has 3 rings (SSSR count). The predicted octanol–water partition coefficient (Wildman–Crippen LogP) is 3.93. The number of rotatable bonds is 5. The van der Waals surface area contributed by atoms with Crippen molar-refractivity contribution in [3.05, 3.63) is 65.0 Å². The van der Waals surface area contributed by atoms with Crippen LogP contribution >= 0.6 is 11.3 Å². The molecule has 0 saturated heterocycles. The van der Waals surface area contributed by atoms with Crippen molar-refractivity contribution in [2.24, 2.45) is 0 Å². The Hall–Kier alpha value is -2.53. The summed E-state index contributed by atoms with van der Waals surface area (Å²) in [6, 6.07) is 9.42. The quantitative estimate of drug-likeness (QED) is 0.726. The highest BCUT2D eigenvalue weighted by atomic mass is 32.1. The molecule has 0 aliphatic heterocycles. The van der Waals surface area contributed by atoms with Crippen molar-refractivity contribution in [3.8, 4) is 11.3 Å². The van der Waals surface area contributed by atoms with Crippen molar-refractivity contribution >= 4 is 23.3 Å². The van der Waals surface area contributed by atoms with Crippen molar-refractivity contribution in [3.63, 3.8) is 0 Å². The zero-order valence-electron chi connectivity index (χ0n) is 11.1. The van der Waals surface area contributed by atoms with E-state index in [9.17, 15) is 4.79 Å². The zero-order valence-corrected chi connectivity index (χ0v) is 11.9. The first-order chi connectivity index (χ1) is 10.3. The van der Waals surface area contributed by atoms with Gasteiger partial charge in [0.25, 0.3) is 0 Å². The Kier molecular flexibility index (Phi) is 4.02. The molecule has 0 spiro atoms. The van der Waals surface area contributed by atoms with Gasteiger partial charge in [-0.05, 0) is 35.7 Å². The smallest absolute Gasteiger partial charge is 0.244 e. The Bertz CT molecular complexity index is 724. The fraction of sp³-hybridized carbons (Fsp3) is 0.0625. The van der Waals surface area contributed by atoms with Gasteiger partial charge in [-0.25, -0.2) is 0 Å². The maximum absolute atomic E-state index is 11.7. The van der Waals surface area contributed by atoms with Crippen LogP contribution in [0.3, 0.4) is 0 Å². The van der Waals surface area contributed by atoms with E-state index in [0.29, 0.717) is 12.3 Å².